The summed E-state index contributed by atoms with van der Waals surface area (Å²) >= 11 is 3.50. The SMILES string of the molecule is O=C(CSc1nc2ccc(I)cc2c(=O)n1-c1ccccc1)c1ccc2c(c1)Cc1ccccc1-2. The van der Waals surface area contributed by atoms with Crippen molar-refractivity contribution in [1.29, 1.82) is 0 Å². The van der Waals surface area contributed by atoms with Crippen molar-refractivity contribution >= 4 is 51.0 Å². The number of para-hydroxylation sites is 1. The highest BCUT2D eigenvalue weighted by molar-refractivity contribution is 14.1. The minimum Gasteiger partial charge on any atom is -0.293 e. The molecule has 0 bridgehead atoms. The zero-order chi connectivity index (χ0) is 23.9. The number of fused-ring (bicyclic) bond motifs is 4. The van der Waals surface area contributed by atoms with Gasteiger partial charge in [0.25, 0.3) is 5.56 Å². The number of carbonyl (C=O) groups excluding carboxylic acids is 1. The summed E-state index contributed by atoms with van der Waals surface area (Å²) in [4.78, 5) is 31.4. The number of hydrogen-bond acceptors (Lipinski definition) is 4. The van der Waals surface area contributed by atoms with Crippen molar-refractivity contribution in [2.75, 3.05) is 5.75 Å². The summed E-state index contributed by atoms with van der Waals surface area (Å²) in [6.07, 6.45) is 0.846. The van der Waals surface area contributed by atoms with E-state index < -0.39 is 0 Å². The molecule has 0 saturated heterocycles. The topological polar surface area (TPSA) is 52.0 Å². The first-order valence-corrected chi connectivity index (χ1v) is 13.3. The van der Waals surface area contributed by atoms with Gasteiger partial charge in [-0.05, 0) is 87.7 Å². The van der Waals surface area contributed by atoms with Crippen LogP contribution < -0.4 is 5.56 Å². The second kappa shape index (κ2) is 9.09. The summed E-state index contributed by atoms with van der Waals surface area (Å²) in [5.74, 6) is 0.214. The molecular formula is C29H19IN2O2S. The number of aromatic nitrogens is 2. The fraction of sp³-hybridized carbons (Fsp3) is 0.0690. The maximum absolute atomic E-state index is 13.5. The Hall–Kier alpha value is -3.23. The van der Waals surface area contributed by atoms with E-state index in [-0.39, 0.29) is 17.1 Å². The van der Waals surface area contributed by atoms with E-state index in [4.69, 9.17) is 4.98 Å². The van der Waals surface area contributed by atoms with Gasteiger partial charge in [-0.3, -0.25) is 14.2 Å². The van der Waals surface area contributed by atoms with Crippen LogP contribution in [0.25, 0.3) is 27.7 Å². The monoisotopic (exact) mass is 586 g/mol. The number of halogens is 1. The molecule has 0 N–H and O–H groups in total. The summed E-state index contributed by atoms with van der Waals surface area (Å²) in [7, 11) is 0. The van der Waals surface area contributed by atoms with Gasteiger partial charge in [-0.2, -0.15) is 0 Å². The van der Waals surface area contributed by atoms with Crippen LogP contribution >= 0.6 is 34.4 Å². The van der Waals surface area contributed by atoms with E-state index >= 15 is 0 Å². The third-order valence-corrected chi connectivity index (χ3v) is 7.87. The van der Waals surface area contributed by atoms with Crippen molar-refractivity contribution in [3.05, 3.63) is 122 Å². The molecule has 0 atom stereocenters. The van der Waals surface area contributed by atoms with Gasteiger partial charge < -0.3 is 0 Å². The maximum atomic E-state index is 13.5. The average Bonchev–Trinajstić information content (AvgIpc) is 3.26. The average molecular weight is 586 g/mol. The molecule has 4 nitrogen and oxygen atoms in total. The number of thioether (sulfide) groups is 1. The van der Waals surface area contributed by atoms with Crippen molar-refractivity contribution in [2.24, 2.45) is 0 Å². The molecule has 5 aromatic rings. The Balaban J connectivity index is 1.33. The van der Waals surface area contributed by atoms with Crippen molar-refractivity contribution < 1.29 is 4.79 Å². The number of ketones is 1. The van der Waals surface area contributed by atoms with Crippen LogP contribution in [0.4, 0.5) is 0 Å². The van der Waals surface area contributed by atoms with Gasteiger partial charge in [0.05, 0.1) is 22.3 Å². The minimum atomic E-state index is -0.134. The second-order valence-corrected chi connectivity index (χ2v) is 10.6. The third kappa shape index (κ3) is 4.10. The van der Waals surface area contributed by atoms with Gasteiger partial charge in [-0.1, -0.05) is 66.4 Å². The fourth-order valence-electron chi connectivity index (χ4n) is 4.57. The number of nitrogens with zero attached hydrogens (tertiary/aromatic N) is 2. The quantitative estimate of drug-likeness (QED) is 0.0998. The van der Waals surface area contributed by atoms with Gasteiger partial charge >= 0.3 is 0 Å². The molecule has 0 aliphatic heterocycles. The Morgan fingerprint density at radius 3 is 2.51 bits per heavy atom. The lowest BCUT2D eigenvalue weighted by Gasteiger charge is -2.13. The highest BCUT2D eigenvalue weighted by Crippen LogP contribution is 2.37. The molecule has 0 unspecified atom stereocenters. The molecule has 6 heteroatoms. The Morgan fingerprint density at radius 2 is 1.66 bits per heavy atom. The van der Waals surface area contributed by atoms with Crippen molar-refractivity contribution in [3.8, 4) is 16.8 Å². The molecule has 0 radical (unpaired) electrons. The molecule has 0 saturated carbocycles. The molecule has 1 heterocycles. The van der Waals surface area contributed by atoms with Crippen LogP contribution in [0.3, 0.4) is 0 Å². The van der Waals surface area contributed by atoms with Crippen LogP contribution in [0.15, 0.2) is 101 Å². The van der Waals surface area contributed by atoms with Gasteiger partial charge in [0.2, 0.25) is 0 Å². The zero-order valence-electron chi connectivity index (χ0n) is 18.6. The summed E-state index contributed by atoms with van der Waals surface area (Å²) in [6, 6.07) is 29.5. The second-order valence-electron chi connectivity index (χ2n) is 8.45. The van der Waals surface area contributed by atoms with Crippen LogP contribution in [-0.2, 0) is 6.42 Å². The Morgan fingerprint density at radius 1 is 0.886 bits per heavy atom. The lowest BCUT2D eigenvalue weighted by atomic mass is 10.0. The number of benzene rings is 4. The highest BCUT2D eigenvalue weighted by Gasteiger charge is 2.20. The normalized spacial score (nSPS) is 11.9. The zero-order valence-corrected chi connectivity index (χ0v) is 21.5. The van der Waals surface area contributed by atoms with Crippen LogP contribution in [0.2, 0.25) is 0 Å². The van der Waals surface area contributed by atoms with Crippen LogP contribution in [-0.4, -0.2) is 21.1 Å². The first-order chi connectivity index (χ1) is 17.1. The van der Waals surface area contributed by atoms with Crippen molar-refractivity contribution in [2.45, 2.75) is 11.6 Å². The summed E-state index contributed by atoms with van der Waals surface area (Å²) < 4.78 is 2.58. The Bertz CT molecular complexity index is 1680. The van der Waals surface area contributed by atoms with Crippen LogP contribution in [0.5, 0.6) is 0 Å². The molecule has 35 heavy (non-hydrogen) atoms. The highest BCUT2D eigenvalue weighted by atomic mass is 127. The van der Waals surface area contributed by atoms with Gasteiger partial charge in [-0.25, -0.2) is 4.98 Å². The maximum Gasteiger partial charge on any atom is 0.266 e. The molecular weight excluding hydrogens is 567 g/mol. The molecule has 170 valence electrons. The first-order valence-electron chi connectivity index (χ1n) is 11.2. The standard InChI is InChI=1S/C29H19IN2O2S/c30-21-11-13-26-25(16-21)28(34)32(22-7-2-1-3-8-22)29(31-26)35-17-27(33)19-10-12-24-20(15-19)14-18-6-4-5-9-23(18)24/h1-13,15-16H,14,17H2. The van der Waals surface area contributed by atoms with Gasteiger partial charge in [0.1, 0.15) is 0 Å². The predicted molar refractivity (Wildman–Crippen MR) is 150 cm³/mol. The number of carbonyl (C=O) groups is 1. The largest absolute Gasteiger partial charge is 0.293 e. The van der Waals surface area contributed by atoms with E-state index in [0.717, 1.165) is 15.7 Å². The predicted octanol–water partition coefficient (Wildman–Crippen LogP) is 6.54. The summed E-state index contributed by atoms with van der Waals surface area (Å²) in [6.45, 7) is 0. The molecule has 1 aliphatic carbocycles. The summed E-state index contributed by atoms with van der Waals surface area (Å²) in [5.41, 5.74) is 6.85. The van der Waals surface area contributed by atoms with E-state index in [0.29, 0.717) is 21.6 Å². The fourth-order valence-corrected chi connectivity index (χ4v) is 5.97. The number of Topliss-reactive ketones (excluding diaryl/α,β-unsaturated/α-hetero) is 1. The van der Waals surface area contributed by atoms with E-state index in [2.05, 4.69) is 46.9 Å². The van der Waals surface area contributed by atoms with Crippen molar-refractivity contribution in [1.82, 2.24) is 9.55 Å². The van der Waals surface area contributed by atoms with E-state index in [1.54, 1.807) is 4.57 Å². The lowest BCUT2D eigenvalue weighted by molar-refractivity contribution is 0.102. The van der Waals surface area contributed by atoms with Gasteiger partial charge in [-0.15, -0.1) is 0 Å². The Labute approximate surface area is 220 Å². The summed E-state index contributed by atoms with van der Waals surface area (Å²) in [5, 5.41) is 1.08. The minimum absolute atomic E-state index is 0.0188. The lowest BCUT2D eigenvalue weighted by Crippen LogP contribution is -2.22. The first kappa shape index (κ1) is 22.2. The third-order valence-electron chi connectivity index (χ3n) is 6.26. The smallest absolute Gasteiger partial charge is 0.266 e. The number of hydrogen-bond donors (Lipinski definition) is 0. The molecule has 1 aliphatic rings. The molecule has 0 amide bonds. The molecule has 0 spiro atoms. The van der Waals surface area contributed by atoms with E-state index in [1.807, 2.05) is 66.7 Å². The molecule has 4 aromatic carbocycles. The van der Waals surface area contributed by atoms with Gasteiger partial charge in [0, 0.05) is 9.13 Å². The van der Waals surface area contributed by atoms with Crippen LogP contribution in [0.1, 0.15) is 21.5 Å². The Kier molecular flexibility index (Phi) is 5.78. The number of rotatable bonds is 5. The van der Waals surface area contributed by atoms with Crippen molar-refractivity contribution in [3.63, 3.8) is 0 Å². The van der Waals surface area contributed by atoms with Crippen LogP contribution in [0, 0.1) is 3.57 Å². The molecule has 6 rings (SSSR count). The van der Waals surface area contributed by atoms with E-state index in [1.165, 1.54) is 34.0 Å². The molecule has 0 fully saturated rings. The van der Waals surface area contributed by atoms with E-state index in [9.17, 15) is 9.59 Å². The molecule has 1 aromatic heterocycles. The van der Waals surface area contributed by atoms with Gasteiger partial charge in [0.15, 0.2) is 10.9 Å².